The fourth-order valence-electron chi connectivity index (χ4n) is 2.51. The average Bonchev–Trinajstić information content (AvgIpc) is 2.64. The summed E-state index contributed by atoms with van der Waals surface area (Å²) in [4.78, 5) is 12.7. The van der Waals surface area contributed by atoms with E-state index in [0.717, 1.165) is 5.69 Å². The number of anilines is 4. The molecule has 0 fully saturated rings. The summed E-state index contributed by atoms with van der Waals surface area (Å²) in [5.41, 5.74) is 2.73. The molecule has 0 saturated heterocycles. The number of aromatic nitrogens is 3. The fourth-order valence-corrected chi connectivity index (χ4v) is 2.68. The SMILES string of the molecule is CC(C)(C)c1ccc(Nc2ncnc(Nc3ncccc3Cl)c2C=N)cc1. The van der Waals surface area contributed by atoms with Gasteiger partial charge in [0.15, 0.2) is 0 Å². The molecule has 0 saturated carbocycles. The van der Waals surface area contributed by atoms with Crippen molar-refractivity contribution in [2.45, 2.75) is 26.2 Å². The molecular formula is C20H21ClN6. The first-order chi connectivity index (χ1) is 12.9. The Morgan fingerprint density at radius 1 is 0.926 bits per heavy atom. The molecule has 0 bridgehead atoms. The van der Waals surface area contributed by atoms with Crippen molar-refractivity contribution < 1.29 is 0 Å². The predicted octanol–water partition coefficient (Wildman–Crippen LogP) is 5.31. The van der Waals surface area contributed by atoms with E-state index in [1.54, 1.807) is 18.3 Å². The first kappa shape index (κ1) is 18.8. The molecule has 3 aromatic rings. The molecule has 0 spiro atoms. The van der Waals surface area contributed by atoms with Crippen LogP contribution in [0.1, 0.15) is 31.9 Å². The zero-order valence-electron chi connectivity index (χ0n) is 15.4. The van der Waals surface area contributed by atoms with Gasteiger partial charge in [-0.05, 0) is 35.2 Å². The van der Waals surface area contributed by atoms with Crippen LogP contribution in [0.15, 0.2) is 48.9 Å². The Bertz CT molecular complexity index is 947. The number of halogens is 1. The standard InChI is InChI=1S/C20H21ClN6/c1-20(2,3)13-6-8-14(9-7-13)26-17-15(11-22)18(25-12-24-17)27-19-16(21)5-4-10-23-19/h4-12,22H,1-3H3,(H2,23,24,25,26,27). The Labute approximate surface area is 163 Å². The summed E-state index contributed by atoms with van der Waals surface area (Å²) in [5.74, 6) is 1.45. The predicted molar refractivity (Wildman–Crippen MR) is 111 cm³/mol. The number of nitrogens with one attached hydrogen (secondary N) is 3. The molecule has 138 valence electrons. The molecule has 0 aliphatic carbocycles. The van der Waals surface area contributed by atoms with Gasteiger partial charge in [-0.2, -0.15) is 0 Å². The molecular weight excluding hydrogens is 360 g/mol. The molecule has 1 aromatic carbocycles. The van der Waals surface area contributed by atoms with E-state index in [0.29, 0.717) is 28.0 Å². The Morgan fingerprint density at radius 3 is 2.19 bits per heavy atom. The van der Waals surface area contributed by atoms with Crippen molar-refractivity contribution in [1.29, 1.82) is 5.41 Å². The number of hydrogen-bond acceptors (Lipinski definition) is 6. The lowest BCUT2D eigenvalue weighted by Crippen LogP contribution is -2.10. The molecule has 0 amide bonds. The van der Waals surface area contributed by atoms with E-state index in [-0.39, 0.29) is 5.41 Å². The van der Waals surface area contributed by atoms with Crippen molar-refractivity contribution in [3.8, 4) is 0 Å². The van der Waals surface area contributed by atoms with Crippen LogP contribution < -0.4 is 10.6 Å². The van der Waals surface area contributed by atoms with E-state index in [2.05, 4.69) is 58.5 Å². The Hall–Kier alpha value is -2.99. The third-order valence-electron chi connectivity index (χ3n) is 4.04. The van der Waals surface area contributed by atoms with Gasteiger partial charge >= 0.3 is 0 Å². The molecule has 3 rings (SSSR count). The van der Waals surface area contributed by atoms with Gasteiger partial charge in [-0.15, -0.1) is 0 Å². The smallest absolute Gasteiger partial charge is 0.150 e. The minimum atomic E-state index is 0.0899. The van der Waals surface area contributed by atoms with Crippen LogP contribution in [0.5, 0.6) is 0 Å². The second-order valence-electron chi connectivity index (χ2n) is 7.04. The number of nitrogens with zero attached hydrogens (tertiary/aromatic N) is 3. The summed E-state index contributed by atoms with van der Waals surface area (Å²) < 4.78 is 0. The topological polar surface area (TPSA) is 86.6 Å². The third-order valence-corrected chi connectivity index (χ3v) is 4.34. The lowest BCUT2D eigenvalue weighted by Gasteiger charge is -2.19. The second-order valence-corrected chi connectivity index (χ2v) is 7.45. The van der Waals surface area contributed by atoms with Gasteiger partial charge in [0.25, 0.3) is 0 Å². The first-order valence-corrected chi connectivity index (χ1v) is 8.87. The van der Waals surface area contributed by atoms with E-state index < -0.39 is 0 Å². The molecule has 27 heavy (non-hydrogen) atoms. The molecule has 0 radical (unpaired) electrons. The summed E-state index contributed by atoms with van der Waals surface area (Å²) in [6.07, 6.45) is 4.26. The molecule has 7 heteroatoms. The first-order valence-electron chi connectivity index (χ1n) is 8.49. The van der Waals surface area contributed by atoms with Crippen LogP contribution in [0.2, 0.25) is 5.02 Å². The number of benzene rings is 1. The molecule has 0 aliphatic heterocycles. The number of rotatable bonds is 5. The Balaban J connectivity index is 1.88. The fraction of sp³-hybridized carbons (Fsp3) is 0.200. The molecule has 6 nitrogen and oxygen atoms in total. The summed E-state index contributed by atoms with van der Waals surface area (Å²) >= 11 is 6.15. The van der Waals surface area contributed by atoms with Crippen LogP contribution in [0.4, 0.5) is 23.1 Å². The maximum atomic E-state index is 7.79. The largest absolute Gasteiger partial charge is 0.340 e. The van der Waals surface area contributed by atoms with Gasteiger partial charge in [0, 0.05) is 18.1 Å². The third kappa shape index (κ3) is 4.41. The maximum absolute atomic E-state index is 7.79. The van der Waals surface area contributed by atoms with Crippen molar-refractivity contribution >= 4 is 41.0 Å². The van der Waals surface area contributed by atoms with E-state index in [1.807, 2.05) is 12.1 Å². The lowest BCUT2D eigenvalue weighted by atomic mass is 9.87. The minimum Gasteiger partial charge on any atom is -0.340 e. The van der Waals surface area contributed by atoms with Crippen LogP contribution >= 0.6 is 11.6 Å². The van der Waals surface area contributed by atoms with Gasteiger partial charge in [0.2, 0.25) is 0 Å². The summed E-state index contributed by atoms with van der Waals surface area (Å²) in [7, 11) is 0. The van der Waals surface area contributed by atoms with Crippen LogP contribution in [0.25, 0.3) is 0 Å². The molecule has 0 unspecified atom stereocenters. The van der Waals surface area contributed by atoms with Crippen LogP contribution in [0.3, 0.4) is 0 Å². The minimum absolute atomic E-state index is 0.0899. The van der Waals surface area contributed by atoms with Gasteiger partial charge in [0.1, 0.15) is 23.8 Å². The highest BCUT2D eigenvalue weighted by Crippen LogP contribution is 2.28. The quantitative estimate of drug-likeness (QED) is 0.522. The summed E-state index contributed by atoms with van der Waals surface area (Å²) in [6, 6.07) is 11.6. The van der Waals surface area contributed by atoms with Crippen LogP contribution in [-0.2, 0) is 5.41 Å². The summed E-state index contributed by atoms with van der Waals surface area (Å²) in [6.45, 7) is 6.52. The zero-order chi connectivity index (χ0) is 19.4. The average molecular weight is 381 g/mol. The number of hydrogen-bond donors (Lipinski definition) is 3. The molecule has 2 aromatic heterocycles. The lowest BCUT2D eigenvalue weighted by molar-refractivity contribution is 0.590. The Kier molecular flexibility index (Phi) is 5.37. The van der Waals surface area contributed by atoms with Gasteiger partial charge in [-0.3, -0.25) is 0 Å². The highest BCUT2D eigenvalue weighted by Gasteiger charge is 2.14. The van der Waals surface area contributed by atoms with E-state index in [9.17, 15) is 0 Å². The van der Waals surface area contributed by atoms with Crippen molar-refractivity contribution in [2.24, 2.45) is 0 Å². The van der Waals surface area contributed by atoms with E-state index in [4.69, 9.17) is 17.0 Å². The second kappa shape index (κ2) is 7.72. The normalized spacial score (nSPS) is 11.1. The van der Waals surface area contributed by atoms with Crippen molar-refractivity contribution in [3.05, 3.63) is 65.1 Å². The van der Waals surface area contributed by atoms with E-state index in [1.165, 1.54) is 18.1 Å². The van der Waals surface area contributed by atoms with Gasteiger partial charge in [0.05, 0.1) is 10.6 Å². The summed E-state index contributed by atoms with van der Waals surface area (Å²) in [5, 5.41) is 14.6. The van der Waals surface area contributed by atoms with Gasteiger partial charge < -0.3 is 16.0 Å². The molecule has 0 aliphatic rings. The van der Waals surface area contributed by atoms with Crippen molar-refractivity contribution in [3.63, 3.8) is 0 Å². The van der Waals surface area contributed by atoms with Crippen molar-refractivity contribution in [1.82, 2.24) is 15.0 Å². The van der Waals surface area contributed by atoms with Crippen molar-refractivity contribution in [2.75, 3.05) is 10.6 Å². The van der Waals surface area contributed by atoms with E-state index >= 15 is 0 Å². The zero-order valence-corrected chi connectivity index (χ0v) is 16.2. The molecule has 0 atom stereocenters. The van der Waals surface area contributed by atoms with Crippen LogP contribution in [0, 0.1) is 5.41 Å². The maximum Gasteiger partial charge on any atom is 0.150 e. The Morgan fingerprint density at radius 2 is 1.59 bits per heavy atom. The van der Waals surface area contributed by atoms with Gasteiger partial charge in [-0.25, -0.2) is 15.0 Å². The number of pyridine rings is 1. The molecule has 3 N–H and O–H groups in total. The highest BCUT2D eigenvalue weighted by atomic mass is 35.5. The van der Waals surface area contributed by atoms with Crippen LogP contribution in [-0.4, -0.2) is 21.2 Å². The van der Waals surface area contributed by atoms with Gasteiger partial charge in [-0.1, -0.05) is 44.5 Å². The highest BCUT2D eigenvalue weighted by molar-refractivity contribution is 6.33. The molecule has 2 heterocycles. The monoisotopic (exact) mass is 380 g/mol.